The molecule has 0 radical (unpaired) electrons. The highest BCUT2D eigenvalue weighted by Crippen LogP contribution is 2.36. The number of phenolic OH excluding ortho intramolecular Hbond substituents is 2. The largest absolute Gasteiger partial charge is 0.506 e. The van der Waals surface area contributed by atoms with Crippen molar-refractivity contribution in [3.05, 3.63) is 96.1 Å². The summed E-state index contributed by atoms with van der Waals surface area (Å²) in [5.74, 6) is 0.0696. The lowest BCUT2D eigenvalue weighted by Gasteiger charge is -2.06. The number of benzene rings is 4. The Morgan fingerprint density at radius 2 is 0.800 bits per heavy atom. The molecule has 0 aromatic heterocycles. The zero-order valence-corrected chi connectivity index (χ0v) is 16.9. The van der Waals surface area contributed by atoms with Crippen LogP contribution in [0, 0.1) is 13.8 Å². The minimum absolute atomic E-state index is 0.0348. The molecule has 4 heteroatoms. The van der Waals surface area contributed by atoms with Crippen LogP contribution >= 0.6 is 0 Å². The zero-order valence-electron chi connectivity index (χ0n) is 16.9. The first-order chi connectivity index (χ1) is 14.5. The molecule has 0 saturated carbocycles. The molecule has 0 unspecified atom stereocenters. The maximum atomic E-state index is 10.4. The van der Waals surface area contributed by atoms with Crippen molar-refractivity contribution in [2.24, 2.45) is 10.2 Å². The van der Waals surface area contributed by atoms with Gasteiger partial charge in [0.2, 0.25) is 0 Å². The Bertz CT molecular complexity index is 1110. The lowest BCUT2D eigenvalue weighted by Crippen LogP contribution is -1.80. The molecule has 4 nitrogen and oxygen atoms in total. The standard InChI is InChI=1S/C26H22N2O2/c1-17-3-7-19(8-4-17)21-11-13-23(25(29)15-21)27-28-24-14-12-22(16-26(24)30)20-9-5-18(2)6-10-20/h3-16,29-30H,1-2H3. The quantitative estimate of drug-likeness (QED) is 0.353. The Morgan fingerprint density at radius 3 is 1.13 bits per heavy atom. The smallest absolute Gasteiger partial charge is 0.143 e. The van der Waals surface area contributed by atoms with Gasteiger partial charge in [0.1, 0.15) is 22.9 Å². The Kier molecular flexibility index (Phi) is 5.31. The van der Waals surface area contributed by atoms with Crippen molar-refractivity contribution in [2.45, 2.75) is 13.8 Å². The van der Waals surface area contributed by atoms with Crippen molar-refractivity contribution >= 4 is 11.4 Å². The third kappa shape index (κ3) is 4.23. The molecule has 0 fully saturated rings. The van der Waals surface area contributed by atoms with Crippen molar-refractivity contribution in [3.63, 3.8) is 0 Å². The Balaban J connectivity index is 1.56. The normalized spacial score (nSPS) is 11.1. The molecule has 0 spiro atoms. The van der Waals surface area contributed by atoms with Crippen molar-refractivity contribution in [2.75, 3.05) is 0 Å². The molecule has 4 aromatic carbocycles. The van der Waals surface area contributed by atoms with Crippen LogP contribution in [-0.2, 0) is 0 Å². The minimum Gasteiger partial charge on any atom is -0.506 e. The van der Waals surface area contributed by atoms with Gasteiger partial charge in [-0.25, -0.2) is 0 Å². The van der Waals surface area contributed by atoms with E-state index in [2.05, 4.69) is 10.2 Å². The van der Waals surface area contributed by atoms with Crippen LogP contribution in [0.4, 0.5) is 11.4 Å². The van der Waals surface area contributed by atoms with E-state index in [9.17, 15) is 10.2 Å². The molecule has 4 aromatic rings. The third-order valence-corrected chi connectivity index (χ3v) is 4.99. The topological polar surface area (TPSA) is 65.2 Å². The molecule has 30 heavy (non-hydrogen) atoms. The van der Waals surface area contributed by atoms with Gasteiger partial charge in [-0.15, -0.1) is 10.2 Å². The number of hydrogen-bond donors (Lipinski definition) is 2. The second-order valence-electron chi connectivity index (χ2n) is 7.34. The number of nitrogens with zero attached hydrogens (tertiary/aromatic N) is 2. The van der Waals surface area contributed by atoms with E-state index in [0.717, 1.165) is 22.3 Å². The lowest BCUT2D eigenvalue weighted by molar-refractivity contribution is 0.474. The Labute approximate surface area is 175 Å². The summed E-state index contributed by atoms with van der Waals surface area (Å²) < 4.78 is 0. The molecule has 0 aliphatic heterocycles. The average Bonchev–Trinajstić information content (AvgIpc) is 2.75. The number of phenols is 2. The first-order valence-electron chi connectivity index (χ1n) is 9.71. The van der Waals surface area contributed by atoms with E-state index in [0.29, 0.717) is 11.4 Å². The van der Waals surface area contributed by atoms with Crippen LogP contribution in [-0.4, -0.2) is 10.2 Å². The maximum Gasteiger partial charge on any atom is 0.143 e. The monoisotopic (exact) mass is 394 g/mol. The maximum absolute atomic E-state index is 10.4. The van der Waals surface area contributed by atoms with Crippen molar-refractivity contribution in [1.82, 2.24) is 0 Å². The minimum atomic E-state index is 0.0348. The van der Waals surface area contributed by atoms with E-state index in [1.54, 1.807) is 24.3 Å². The van der Waals surface area contributed by atoms with Crippen LogP contribution in [0.5, 0.6) is 11.5 Å². The highest BCUT2D eigenvalue weighted by molar-refractivity contribution is 5.71. The zero-order chi connectivity index (χ0) is 21.1. The van der Waals surface area contributed by atoms with Gasteiger partial charge in [0.05, 0.1) is 0 Å². The molecule has 0 heterocycles. The number of hydrogen-bond acceptors (Lipinski definition) is 4. The van der Waals surface area contributed by atoms with Crippen LogP contribution in [0.25, 0.3) is 22.3 Å². The average molecular weight is 394 g/mol. The van der Waals surface area contributed by atoms with Crippen molar-refractivity contribution < 1.29 is 10.2 Å². The first-order valence-corrected chi connectivity index (χ1v) is 9.71. The molecule has 0 aliphatic rings. The Hall–Kier alpha value is -3.92. The predicted octanol–water partition coefficient (Wildman–Crippen LogP) is 7.46. The third-order valence-electron chi connectivity index (χ3n) is 4.99. The van der Waals surface area contributed by atoms with Crippen LogP contribution in [0.3, 0.4) is 0 Å². The van der Waals surface area contributed by atoms with E-state index in [1.165, 1.54) is 11.1 Å². The van der Waals surface area contributed by atoms with E-state index < -0.39 is 0 Å². The number of aromatic hydroxyl groups is 2. The predicted molar refractivity (Wildman–Crippen MR) is 121 cm³/mol. The van der Waals surface area contributed by atoms with Gasteiger partial charge in [-0.2, -0.15) is 0 Å². The second-order valence-corrected chi connectivity index (χ2v) is 7.34. The van der Waals surface area contributed by atoms with Gasteiger partial charge in [-0.1, -0.05) is 71.8 Å². The van der Waals surface area contributed by atoms with Crippen molar-refractivity contribution in [1.29, 1.82) is 0 Å². The molecule has 0 atom stereocenters. The summed E-state index contributed by atoms with van der Waals surface area (Å²) in [4.78, 5) is 0. The van der Waals surface area contributed by atoms with Gasteiger partial charge in [0.25, 0.3) is 0 Å². The summed E-state index contributed by atoms with van der Waals surface area (Å²) in [6.07, 6.45) is 0. The molecule has 2 N–H and O–H groups in total. The summed E-state index contributed by atoms with van der Waals surface area (Å²) >= 11 is 0. The first kappa shape index (κ1) is 19.4. The molecule has 4 rings (SSSR count). The molecule has 0 saturated heterocycles. The van der Waals surface area contributed by atoms with E-state index in [-0.39, 0.29) is 11.5 Å². The summed E-state index contributed by atoms with van der Waals surface area (Å²) in [6, 6.07) is 26.7. The van der Waals surface area contributed by atoms with Crippen LogP contribution in [0.2, 0.25) is 0 Å². The van der Waals surface area contributed by atoms with Gasteiger partial charge >= 0.3 is 0 Å². The summed E-state index contributed by atoms with van der Waals surface area (Å²) in [6.45, 7) is 4.07. The molecule has 148 valence electrons. The highest BCUT2D eigenvalue weighted by atomic mass is 16.3. The van der Waals surface area contributed by atoms with E-state index in [1.807, 2.05) is 74.5 Å². The Morgan fingerprint density at radius 1 is 0.467 bits per heavy atom. The summed E-state index contributed by atoms with van der Waals surface area (Å²) in [5.41, 5.74) is 6.88. The van der Waals surface area contributed by atoms with Gasteiger partial charge in [0.15, 0.2) is 0 Å². The van der Waals surface area contributed by atoms with Gasteiger partial charge in [0, 0.05) is 0 Å². The highest BCUT2D eigenvalue weighted by Gasteiger charge is 2.07. The fourth-order valence-corrected chi connectivity index (χ4v) is 3.17. The lowest BCUT2D eigenvalue weighted by atomic mass is 10.0. The summed E-state index contributed by atoms with van der Waals surface area (Å²) in [7, 11) is 0. The van der Waals surface area contributed by atoms with Crippen LogP contribution < -0.4 is 0 Å². The molecule has 0 aliphatic carbocycles. The van der Waals surface area contributed by atoms with Crippen LogP contribution in [0.15, 0.2) is 95.2 Å². The van der Waals surface area contributed by atoms with E-state index >= 15 is 0 Å². The number of azo groups is 1. The fourth-order valence-electron chi connectivity index (χ4n) is 3.17. The van der Waals surface area contributed by atoms with E-state index in [4.69, 9.17) is 0 Å². The molecule has 0 amide bonds. The van der Waals surface area contributed by atoms with Gasteiger partial charge < -0.3 is 10.2 Å². The van der Waals surface area contributed by atoms with Crippen molar-refractivity contribution in [3.8, 4) is 33.8 Å². The summed E-state index contributed by atoms with van der Waals surface area (Å²) in [5, 5.41) is 28.9. The number of rotatable bonds is 4. The van der Waals surface area contributed by atoms with Gasteiger partial charge in [-0.05, 0) is 60.4 Å². The fraction of sp³-hybridized carbons (Fsp3) is 0.0769. The van der Waals surface area contributed by atoms with Gasteiger partial charge in [-0.3, -0.25) is 0 Å². The molecule has 0 bridgehead atoms. The molecular weight excluding hydrogens is 372 g/mol. The second kappa shape index (κ2) is 8.21. The molecular formula is C26H22N2O2. The SMILES string of the molecule is Cc1ccc(-c2ccc(N=Nc3ccc(-c4ccc(C)cc4)cc3O)c(O)c2)cc1. The number of aryl methyl sites for hydroxylation is 2. The van der Waals surface area contributed by atoms with Crippen LogP contribution in [0.1, 0.15) is 11.1 Å².